The molecular weight excluding hydrogens is 276 g/mol. The third-order valence-corrected chi connectivity index (χ3v) is 4.05. The number of aryl methyl sites for hydroxylation is 1. The number of nitrogens with one attached hydrogen (secondary N) is 2. The maximum Gasteiger partial charge on any atom is 0.240 e. The second kappa shape index (κ2) is 6.57. The van der Waals surface area contributed by atoms with E-state index in [9.17, 15) is 4.79 Å². The maximum atomic E-state index is 12.3. The molecule has 1 amide bonds. The Morgan fingerprint density at radius 1 is 1.40 bits per heavy atom. The molecule has 1 fully saturated rings. The van der Waals surface area contributed by atoms with Crippen molar-refractivity contribution in [2.75, 3.05) is 13.2 Å². The van der Waals surface area contributed by atoms with Gasteiger partial charge in [0.25, 0.3) is 0 Å². The van der Waals surface area contributed by atoms with Crippen molar-refractivity contribution in [2.45, 2.75) is 38.0 Å². The van der Waals surface area contributed by atoms with Gasteiger partial charge in [0, 0.05) is 6.54 Å². The van der Waals surface area contributed by atoms with E-state index in [1.54, 1.807) is 0 Å². The van der Waals surface area contributed by atoms with E-state index >= 15 is 0 Å². The summed E-state index contributed by atoms with van der Waals surface area (Å²) in [5.74, 6) is 0.0499. The molecule has 0 bridgehead atoms. The molecule has 2 N–H and O–H groups in total. The van der Waals surface area contributed by atoms with Crippen LogP contribution in [-0.2, 0) is 16.0 Å². The maximum absolute atomic E-state index is 12.3. The van der Waals surface area contributed by atoms with Crippen molar-refractivity contribution in [1.29, 1.82) is 0 Å². The van der Waals surface area contributed by atoms with Crippen molar-refractivity contribution in [1.82, 2.24) is 10.6 Å². The quantitative estimate of drug-likeness (QED) is 0.871. The van der Waals surface area contributed by atoms with Crippen LogP contribution in [0.3, 0.4) is 0 Å². The van der Waals surface area contributed by atoms with E-state index in [1.165, 1.54) is 11.1 Å². The minimum absolute atomic E-state index is 0. The second-order valence-electron chi connectivity index (χ2n) is 5.31. The first kappa shape index (κ1) is 15.3. The number of amides is 1. The number of carbonyl (C=O) groups is 1. The zero-order chi connectivity index (χ0) is 13.2. The van der Waals surface area contributed by atoms with Gasteiger partial charge < -0.3 is 15.4 Å². The third-order valence-electron chi connectivity index (χ3n) is 4.05. The van der Waals surface area contributed by atoms with E-state index < -0.39 is 0 Å². The molecule has 0 saturated carbocycles. The Kier molecular flexibility index (Phi) is 5.02. The molecule has 3 atom stereocenters. The smallest absolute Gasteiger partial charge is 0.240 e. The zero-order valence-electron chi connectivity index (χ0n) is 11.6. The summed E-state index contributed by atoms with van der Waals surface area (Å²) < 4.78 is 5.52. The van der Waals surface area contributed by atoms with E-state index in [4.69, 9.17) is 4.74 Å². The minimum atomic E-state index is -0.235. The van der Waals surface area contributed by atoms with Gasteiger partial charge in [0.1, 0.15) is 6.04 Å². The zero-order valence-corrected chi connectivity index (χ0v) is 12.4. The van der Waals surface area contributed by atoms with E-state index in [0.29, 0.717) is 6.61 Å². The van der Waals surface area contributed by atoms with Gasteiger partial charge in [0.2, 0.25) is 5.91 Å². The molecule has 1 unspecified atom stereocenters. The lowest BCUT2D eigenvalue weighted by Gasteiger charge is -2.30. The molecule has 3 rings (SSSR count). The van der Waals surface area contributed by atoms with Crippen LogP contribution >= 0.6 is 12.4 Å². The van der Waals surface area contributed by atoms with Gasteiger partial charge in [-0.2, -0.15) is 0 Å². The number of halogens is 1. The van der Waals surface area contributed by atoms with Crippen molar-refractivity contribution < 1.29 is 9.53 Å². The van der Waals surface area contributed by atoms with Crippen LogP contribution in [0.2, 0.25) is 0 Å². The number of hydrogen-bond acceptors (Lipinski definition) is 3. The number of fused-ring (bicyclic) bond motifs is 1. The molecule has 1 aliphatic carbocycles. The van der Waals surface area contributed by atoms with Gasteiger partial charge in [0.15, 0.2) is 0 Å². The molecule has 1 aromatic carbocycles. The Morgan fingerprint density at radius 3 is 3.00 bits per heavy atom. The van der Waals surface area contributed by atoms with Crippen LogP contribution in [0.4, 0.5) is 0 Å². The molecule has 2 aliphatic rings. The summed E-state index contributed by atoms with van der Waals surface area (Å²) in [7, 11) is 0. The summed E-state index contributed by atoms with van der Waals surface area (Å²) in [6.45, 7) is 3.36. The number of carbonyl (C=O) groups excluding carboxylic acids is 1. The van der Waals surface area contributed by atoms with Crippen molar-refractivity contribution in [3.05, 3.63) is 35.4 Å². The molecule has 1 saturated heterocycles. The minimum Gasteiger partial charge on any atom is -0.375 e. The molecule has 0 aromatic heterocycles. The van der Waals surface area contributed by atoms with E-state index in [1.807, 2.05) is 13.0 Å². The molecule has 0 spiro atoms. The lowest BCUT2D eigenvalue weighted by Crippen LogP contribution is -2.55. The summed E-state index contributed by atoms with van der Waals surface area (Å²) in [5, 5.41) is 6.38. The van der Waals surface area contributed by atoms with Gasteiger partial charge in [-0.15, -0.1) is 12.4 Å². The van der Waals surface area contributed by atoms with Gasteiger partial charge in [-0.3, -0.25) is 4.79 Å². The second-order valence-corrected chi connectivity index (χ2v) is 5.31. The number of ether oxygens (including phenoxy) is 1. The summed E-state index contributed by atoms with van der Waals surface area (Å²) in [5.41, 5.74) is 2.62. The van der Waals surface area contributed by atoms with Crippen molar-refractivity contribution in [3.63, 3.8) is 0 Å². The highest BCUT2D eigenvalue weighted by atomic mass is 35.5. The van der Waals surface area contributed by atoms with Crippen LogP contribution in [-0.4, -0.2) is 31.2 Å². The predicted molar refractivity (Wildman–Crippen MR) is 80.1 cm³/mol. The van der Waals surface area contributed by atoms with Crippen molar-refractivity contribution >= 4 is 18.3 Å². The monoisotopic (exact) mass is 296 g/mol. The van der Waals surface area contributed by atoms with Gasteiger partial charge in [-0.25, -0.2) is 0 Å². The van der Waals surface area contributed by atoms with Gasteiger partial charge in [0.05, 0.1) is 18.8 Å². The number of hydrogen-bond donors (Lipinski definition) is 2. The van der Waals surface area contributed by atoms with Crippen LogP contribution in [0.1, 0.15) is 30.5 Å². The fourth-order valence-electron chi connectivity index (χ4n) is 3.00. The Hall–Kier alpha value is -1.10. The SMILES string of the molecule is C[C@H]1OCCN[C@@H]1C(=O)NC1CCc2ccccc21.Cl. The van der Waals surface area contributed by atoms with Crippen LogP contribution in [0.25, 0.3) is 0 Å². The highest BCUT2D eigenvalue weighted by Gasteiger charge is 2.31. The third kappa shape index (κ3) is 2.97. The molecule has 4 nitrogen and oxygen atoms in total. The number of rotatable bonds is 2. The molecule has 0 radical (unpaired) electrons. The highest BCUT2D eigenvalue weighted by Crippen LogP contribution is 2.30. The first-order valence-electron chi connectivity index (χ1n) is 6.99. The van der Waals surface area contributed by atoms with Crippen molar-refractivity contribution in [3.8, 4) is 0 Å². The number of morpholine rings is 1. The van der Waals surface area contributed by atoms with Gasteiger partial charge in [-0.05, 0) is 30.9 Å². The Balaban J connectivity index is 0.00000147. The molecule has 1 aromatic rings. The molecule has 1 heterocycles. The summed E-state index contributed by atoms with van der Waals surface area (Å²) in [6.07, 6.45) is 1.98. The normalized spacial score (nSPS) is 28.4. The fraction of sp³-hybridized carbons (Fsp3) is 0.533. The first-order chi connectivity index (χ1) is 9.25. The predicted octanol–water partition coefficient (Wildman–Crippen LogP) is 1.59. The first-order valence-corrected chi connectivity index (χ1v) is 6.99. The Bertz CT molecular complexity index is 481. The molecule has 20 heavy (non-hydrogen) atoms. The molecule has 1 aliphatic heterocycles. The fourth-order valence-corrected chi connectivity index (χ4v) is 3.00. The largest absolute Gasteiger partial charge is 0.375 e. The Labute approximate surface area is 125 Å². The Morgan fingerprint density at radius 2 is 2.20 bits per heavy atom. The van der Waals surface area contributed by atoms with E-state index in [2.05, 4.69) is 28.8 Å². The average molecular weight is 297 g/mol. The highest BCUT2D eigenvalue weighted by molar-refractivity contribution is 5.85. The standard InChI is InChI=1S/C15H20N2O2.ClH/c1-10-14(16-8-9-19-10)15(18)17-13-7-6-11-4-2-3-5-12(11)13;/h2-5,10,13-14,16H,6-9H2,1H3,(H,17,18);1H/t10-,13?,14+;/m1./s1. The lowest BCUT2D eigenvalue weighted by atomic mass is 10.1. The van der Waals surface area contributed by atoms with Gasteiger partial charge >= 0.3 is 0 Å². The number of benzene rings is 1. The molecular formula is C15H21ClN2O2. The summed E-state index contributed by atoms with van der Waals surface area (Å²) in [4.78, 5) is 12.3. The molecule has 110 valence electrons. The van der Waals surface area contributed by atoms with Crippen LogP contribution < -0.4 is 10.6 Å². The van der Waals surface area contributed by atoms with Gasteiger partial charge in [-0.1, -0.05) is 24.3 Å². The average Bonchev–Trinajstić information content (AvgIpc) is 2.83. The van der Waals surface area contributed by atoms with E-state index in [-0.39, 0.29) is 36.5 Å². The molecule has 5 heteroatoms. The lowest BCUT2D eigenvalue weighted by molar-refractivity contribution is -0.129. The van der Waals surface area contributed by atoms with E-state index in [0.717, 1.165) is 19.4 Å². The topological polar surface area (TPSA) is 50.4 Å². The summed E-state index contributed by atoms with van der Waals surface area (Å²) >= 11 is 0. The summed E-state index contributed by atoms with van der Waals surface area (Å²) in [6, 6.07) is 8.27. The van der Waals surface area contributed by atoms with Crippen molar-refractivity contribution in [2.24, 2.45) is 0 Å². The van der Waals surface area contributed by atoms with Crippen LogP contribution in [0.15, 0.2) is 24.3 Å². The van der Waals surface area contributed by atoms with Crippen LogP contribution in [0, 0.1) is 0 Å². The van der Waals surface area contributed by atoms with Crippen LogP contribution in [0.5, 0.6) is 0 Å².